The number of carbonyl (C=O) groups excluding carboxylic acids is 2. The summed E-state index contributed by atoms with van der Waals surface area (Å²) in [7, 11) is 0. The third-order valence-electron chi connectivity index (χ3n) is 17.0. The Labute approximate surface area is 444 Å². The van der Waals surface area contributed by atoms with E-state index in [4.69, 9.17) is 42.6 Å². The maximum Gasteiger partial charge on any atom is 0.330 e. The lowest BCUT2D eigenvalue weighted by molar-refractivity contribution is -0.390. The van der Waals surface area contributed by atoms with Crippen molar-refractivity contribution in [3.8, 4) is 0 Å². The zero-order chi connectivity index (χ0) is 55.4. The minimum atomic E-state index is -2.00. The van der Waals surface area contributed by atoms with Crippen molar-refractivity contribution in [2.24, 2.45) is 23.7 Å². The van der Waals surface area contributed by atoms with Gasteiger partial charge in [-0.15, -0.1) is 0 Å². The van der Waals surface area contributed by atoms with Crippen LogP contribution in [0.2, 0.25) is 0 Å². The molecule has 440 valence electrons. The normalized spacial score (nSPS) is 49.1. The van der Waals surface area contributed by atoms with Crippen molar-refractivity contribution >= 4 is 11.9 Å². The molecule has 4 saturated heterocycles. The Bertz CT molecular complexity index is 1940. The van der Waals surface area contributed by atoms with Crippen LogP contribution in [0.1, 0.15) is 83.5 Å². The number of hydrogen-bond donors (Lipinski definition) is 15. The molecule has 0 amide bonds. The largest absolute Gasteiger partial charge is 0.460 e. The number of esters is 2. The zero-order valence-corrected chi connectivity index (χ0v) is 42.6. The quantitative estimate of drug-likeness (QED) is 0.0389. The molecule has 0 bridgehead atoms. The molecule has 0 aromatic carbocycles. The van der Waals surface area contributed by atoms with Crippen LogP contribution in [0.3, 0.4) is 0 Å². The Morgan fingerprint density at radius 1 is 0.468 bits per heavy atom. The number of aliphatic hydroxyl groups excluding tert-OH is 15. The molecule has 27 atom stereocenters. The van der Waals surface area contributed by atoms with Gasteiger partial charge in [0.2, 0.25) is 0 Å². The van der Waals surface area contributed by atoms with Gasteiger partial charge in [0.1, 0.15) is 92.6 Å². The fourth-order valence-electron chi connectivity index (χ4n) is 12.3. The molecule has 4 aliphatic carbocycles. The lowest BCUT2D eigenvalue weighted by atomic mass is 9.72. The van der Waals surface area contributed by atoms with Crippen LogP contribution in [0.15, 0.2) is 24.3 Å². The molecule has 4 saturated carbocycles. The van der Waals surface area contributed by atoms with Crippen LogP contribution < -0.4 is 0 Å². The highest BCUT2D eigenvalue weighted by molar-refractivity contribution is 5.82. The number of carbonyl (C=O) groups is 2. The molecule has 0 spiro atoms. The summed E-state index contributed by atoms with van der Waals surface area (Å²) in [4.78, 5) is 25.4. The van der Waals surface area contributed by atoms with Gasteiger partial charge in [0.05, 0.1) is 55.3 Å². The van der Waals surface area contributed by atoms with Gasteiger partial charge in [-0.2, -0.15) is 0 Å². The molecule has 77 heavy (non-hydrogen) atoms. The molecule has 8 aliphatic rings. The van der Waals surface area contributed by atoms with Crippen LogP contribution >= 0.6 is 0 Å². The average Bonchev–Trinajstić information content (AvgIpc) is 3.43. The van der Waals surface area contributed by atoms with Crippen LogP contribution in [0.4, 0.5) is 0 Å². The first-order valence-corrected chi connectivity index (χ1v) is 27.2. The van der Waals surface area contributed by atoms with Gasteiger partial charge in [-0.25, -0.2) is 9.59 Å². The first-order chi connectivity index (χ1) is 36.7. The Balaban J connectivity index is 0.976. The first kappa shape index (κ1) is 60.6. The summed E-state index contributed by atoms with van der Waals surface area (Å²) in [6, 6.07) is 0. The third kappa shape index (κ3) is 14.8. The van der Waals surface area contributed by atoms with Crippen molar-refractivity contribution in [3.05, 3.63) is 24.3 Å². The second-order valence-corrected chi connectivity index (χ2v) is 22.4. The van der Waals surface area contributed by atoms with Gasteiger partial charge >= 0.3 is 11.9 Å². The van der Waals surface area contributed by atoms with Crippen molar-refractivity contribution in [1.82, 2.24) is 0 Å². The molecule has 4 heterocycles. The average molecular weight is 1110 g/mol. The molecular formula is C51H81O26+. The summed E-state index contributed by atoms with van der Waals surface area (Å²) >= 11 is 0. The van der Waals surface area contributed by atoms with Gasteiger partial charge in [0.15, 0.2) is 31.1 Å². The molecule has 8 fully saturated rings. The van der Waals surface area contributed by atoms with Gasteiger partial charge < -0.3 is 119 Å². The van der Waals surface area contributed by atoms with E-state index in [0.29, 0.717) is 44.9 Å². The monoisotopic (exact) mass is 1110 g/mol. The molecule has 0 radical (unpaired) electrons. The number of ether oxygens (including phenoxy) is 9. The predicted molar refractivity (Wildman–Crippen MR) is 256 cm³/mol. The lowest BCUT2D eigenvalue weighted by Crippen LogP contribution is -2.66. The second kappa shape index (κ2) is 27.1. The highest BCUT2D eigenvalue weighted by Crippen LogP contribution is 2.44. The minimum Gasteiger partial charge on any atom is -0.460 e. The highest BCUT2D eigenvalue weighted by atomic mass is 16.8. The molecule has 26 nitrogen and oxygen atoms in total. The van der Waals surface area contributed by atoms with Gasteiger partial charge in [0.25, 0.3) is 0 Å². The van der Waals surface area contributed by atoms with E-state index in [1.54, 1.807) is 12.2 Å². The molecule has 0 aromatic heterocycles. The van der Waals surface area contributed by atoms with Crippen LogP contribution in [0, 0.1) is 23.7 Å². The molecule has 8 rings (SSSR count). The maximum absolute atomic E-state index is 12.7. The Hall–Kier alpha value is -2.46. The number of allylic oxidation sites excluding steroid dienone is 2. The van der Waals surface area contributed by atoms with E-state index in [-0.39, 0.29) is 50.4 Å². The van der Waals surface area contributed by atoms with Crippen LogP contribution in [-0.4, -0.2) is 266 Å². The molecule has 0 aromatic rings. The van der Waals surface area contributed by atoms with Crippen molar-refractivity contribution in [1.29, 1.82) is 0 Å². The number of aliphatic hydroxyl groups is 17. The van der Waals surface area contributed by atoms with E-state index >= 15 is 0 Å². The fourth-order valence-corrected chi connectivity index (χ4v) is 12.3. The molecule has 16 N–H and O–H groups in total. The summed E-state index contributed by atoms with van der Waals surface area (Å²) in [5.41, 5.74) is 0. The van der Waals surface area contributed by atoms with Crippen molar-refractivity contribution in [3.63, 3.8) is 0 Å². The minimum absolute atomic E-state index is 0.0107. The summed E-state index contributed by atoms with van der Waals surface area (Å²) < 4.78 is 52.7. The summed E-state index contributed by atoms with van der Waals surface area (Å²) in [6.07, 6.45) is -25.6. The standard InChI is InChI=1S/C51H80O26/c52-18-34-39(61)44(66)48(77-50-46(68)43(65)41(63)36(76-50)20-69-37(59)11-4-21-1-7-24(53)8-2-21)51(74-34)73-33-17-26-31(71-47(33)23-6-10-28(56)30(58)14-23)15-25(54)16-32(26)72-49-45(67)42(64)40(62)35(75-49)19-70-38(60)12-5-22-3-9-27(55)29(57)13-22/h4-5,11-12,21-36,39-58,61-68H,1-3,6-10,13-20H2/p+1/t21?,22?,23?,24?,25?,26?,27?,28?,29?,30?,31?,32?,33?,34-,35-,36-,39-,40-,41-,42+,43+,44+,45-,46-,47?,48-,49-,50+,51-/m1/s1. The molecular weight excluding hydrogens is 1030 g/mol. The molecule has 4 aliphatic heterocycles. The molecule has 12 unspecified atom stereocenters. The summed E-state index contributed by atoms with van der Waals surface area (Å²) in [6.45, 7) is -2.04. The Morgan fingerprint density at radius 3 is 1.57 bits per heavy atom. The van der Waals surface area contributed by atoms with Gasteiger partial charge in [-0.05, 0) is 82.5 Å². The van der Waals surface area contributed by atoms with Crippen LogP contribution in [0.25, 0.3) is 0 Å². The van der Waals surface area contributed by atoms with Gasteiger partial charge in [0, 0.05) is 30.9 Å². The van der Waals surface area contributed by atoms with E-state index in [2.05, 4.69) is 0 Å². The lowest BCUT2D eigenvalue weighted by Gasteiger charge is -2.50. The van der Waals surface area contributed by atoms with Gasteiger partial charge in [-0.3, -0.25) is 0 Å². The fraction of sp³-hybridized carbons (Fsp3) is 0.882. The summed E-state index contributed by atoms with van der Waals surface area (Å²) in [5.74, 6) is -2.93. The van der Waals surface area contributed by atoms with E-state index in [0.717, 1.165) is 6.08 Å². The number of fused-ring (bicyclic) bond motifs is 1. The van der Waals surface area contributed by atoms with E-state index in [1.807, 2.05) is 0 Å². The molecule has 26 heteroatoms. The smallest absolute Gasteiger partial charge is 0.330 e. The maximum atomic E-state index is 12.7. The van der Waals surface area contributed by atoms with Crippen molar-refractivity contribution in [2.45, 2.75) is 237 Å². The van der Waals surface area contributed by atoms with Crippen LogP contribution in [-0.2, 0) is 47.5 Å². The van der Waals surface area contributed by atoms with E-state index in [1.165, 1.54) is 6.08 Å². The SMILES string of the molecule is O=C(C=CC1CCC(O)C(O)C1)OC[C@H]1O[C@@H](OC2CC(O)CC3[OH+]C(C4CCC(O)C(O)C4)C(O[C@@H]4O[C@H](CO)[C@@H](O)[C@H](O)[C@H]4O[C@@H]4O[C@H](COC(=O)C=CC5CCC(O)CC5)[C@@H](O)[C@H](O)[C@H]4O)CC23)[C@H](O)[C@@H](O)[C@@H]1O. The van der Waals surface area contributed by atoms with Gasteiger partial charge in [-0.1, -0.05) is 12.2 Å². The highest BCUT2D eigenvalue weighted by Gasteiger charge is 2.58. The van der Waals surface area contributed by atoms with E-state index < -0.39 is 197 Å². The topological polar surface area (TPSA) is 424 Å². The van der Waals surface area contributed by atoms with Crippen LogP contribution in [0.5, 0.6) is 0 Å². The second-order valence-electron chi connectivity index (χ2n) is 22.4. The number of hydrogen-bond acceptors (Lipinski definition) is 25. The Morgan fingerprint density at radius 2 is 0.987 bits per heavy atom. The Kier molecular flexibility index (Phi) is 21.3. The predicted octanol–water partition coefficient (Wildman–Crippen LogP) is -5.57. The van der Waals surface area contributed by atoms with E-state index in [9.17, 15) is 86.2 Å². The summed E-state index contributed by atoms with van der Waals surface area (Å²) in [5, 5.41) is 161. The van der Waals surface area contributed by atoms with Crippen molar-refractivity contribution in [2.75, 3.05) is 19.8 Å². The zero-order valence-electron chi connectivity index (χ0n) is 42.6. The number of rotatable bonds is 16. The van der Waals surface area contributed by atoms with Crippen molar-refractivity contribution < 1.29 is 129 Å². The third-order valence-corrected chi connectivity index (χ3v) is 17.0. The first-order valence-electron chi connectivity index (χ1n) is 27.2.